The van der Waals surface area contributed by atoms with Crippen LogP contribution < -0.4 is 20.1 Å². The molecule has 1 aromatic heterocycles. The van der Waals surface area contributed by atoms with E-state index in [4.69, 9.17) is 9.47 Å². The molecule has 7 heteroatoms. The largest absolute Gasteiger partial charge is 0.497 e. The van der Waals surface area contributed by atoms with Crippen LogP contribution in [0.1, 0.15) is 24.3 Å². The zero-order valence-electron chi connectivity index (χ0n) is 16.0. The average molecular weight is 378 g/mol. The monoisotopic (exact) mass is 378 g/mol. The lowest BCUT2D eigenvalue weighted by atomic mass is 10.2. The summed E-state index contributed by atoms with van der Waals surface area (Å²) in [6.45, 7) is 3.86. The van der Waals surface area contributed by atoms with E-state index < -0.39 is 0 Å². The number of nitrogens with one attached hydrogen (secondary N) is 2. The topological polar surface area (TPSA) is 85.4 Å². The van der Waals surface area contributed by atoms with Crippen LogP contribution in [0.15, 0.2) is 60.7 Å². The molecule has 144 valence electrons. The zero-order chi connectivity index (χ0) is 19.9. The van der Waals surface area contributed by atoms with Crippen molar-refractivity contribution in [1.29, 1.82) is 0 Å². The highest BCUT2D eigenvalue weighted by molar-refractivity contribution is 6.03. The summed E-state index contributed by atoms with van der Waals surface area (Å²) < 4.78 is 10.9. The van der Waals surface area contributed by atoms with Crippen molar-refractivity contribution in [3.05, 3.63) is 66.4 Å². The summed E-state index contributed by atoms with van der Waals surface area (Å²) in [6, 6.07) is 18.0. The average Bonchev–Trinajstić information content (AvgIpc) is 2.70. The van der Waals surface area contributed by atoms with Crippen LogP contribution in [0.4, 0.5) is 17.2 Å². The Kier molecular flexibility index (Phi) is 6.06. The van der Waals surface area contributed by atoms with Crippen LogP contribution in [-0.4, -0.2) is 29.3 Å². The molecule has 0 spiro atoms. The van der Waals surface area contributed by atoms with E-state index in [0.29, 0.717) is 17.3 Å². The molecule has 0 unspecified atom stereocenters. The van der Waals surface area contributed by atoms with Crippen molar-refractivity contribution in [3.63, 3.8) is 0 Å². The van der Waals surface area contributed by atoms with Gasteiger partial charge in [0.05, 0.1) is 18.9 Å². The number of ether oxygens (including phenoxy) is 2. The third-order valence-electron chi connectivity index (χ3n) is 3.74. The van der Waals surface area contributed by atoms with Gasteiger partial charge in [-0.3, -0.25) is 4.79 Å². The summed E-state index contributed by atoms with van der Waals surface area (Å²) in [5.41, 5.74) is 1.60. The highest BCUT2D eigenvalue weighted by Gasteiger charge is 2.12. The van der Waals surface area contributed by atoms with Crippen molar-refractivity contribution in [2.75, 3.05) is 17.7 Å². The molecule has 0 fully saturated rings. The normalized spacial score (nSPS) is 10.4. The van der Waals surface area contributed by atoms with Gasteiger partial charge in [0.25, 0.3) is 5.91 Å². The lowest BCUT2D eigenvalue weighted by Crippen LogP contribution is -2.16. The number of amides is 1. The van der Waals surface area contributed by atoms with Crippen molar-refractivity contribution in [3.8, 4) is 11.5 Å². The van der Waals surface area contributed by atoms with Gasteiger partial charge in [0, 0.05) is 11.8 Å². The predicted octanol–water partition coefficient (Wildman–Crippen LogP) is 4.27. The van der Waals surface area contributed by atoms with Gasteiger partial charge in [-0.05, 0) is 50.2 Å². The molecule has 0 aliphatic rings. The standard InChI is InChI=1S/C21H22N4O3/c1-14(2)28-19-10-5-4-9-17(19)23-21(26)18-11-12-20(25-24-18)22-15-7-6-8-16(13-15)27-3/h4-14H,1-3H3,(H,22,25)(H,23,26). The van der Waals surface area contributed by atoms with Crippen molar-refractivity contribution in [2.24, 2.45) is 0 Å². The molecule has 0 atom stereocenters. The van der Waals surface area contributed by atoms with Gasteiger partial charge in [-0.25, -0.2) is 0 Å². The maximum atomic E-state index is 12.5. The van der Waals surface area contributed by atoms with E-state index in [1.807, 2.05) is 56.3 Å². The zero-order valence-corrected chi connectivity index (χ0v) is 16.0. The number of aromatic nitrogens is 2. The van der Waals surface area contributed by atoms with E-state index in [2.05, 4.69) is 20.8 Å². The van der Waals surface area contributed by atoms with E-state index in [-0.39, 0.29) is 17.7 Å². The van der Waals surface area contributed by atoms with Crippen molar-refractivity contribution >= 4 is 23.1 Å². The van der Waals surface area contributed by atoms with Gasteiger partial charge in [0.2, 0.25) is 0 Å². The molecule has 0 saturated carbocycles. The molecular formula is C21H22N4O3. The summed E-state index contributed by atoms with van der Waals surface area (Å²) in [4.78, 5) is 12.5. The molecule has 3 aromatic rings. The summed E-state index contributed by atoms with van der Waals surface area (Å²) in [7, 11) is 1.61. The van der Waals surface area contributed by atoms with Crippen LogP contribution in [0.2, 0.25) is 0 Å². The maximum Gasteiger partial charge on any atom is 0.276 e. The van der Waals surface area contributed by atoms with Gasteiger partial charge in [0.15, 0.2) is 11.5 Å². The Labute approximate surface area is 163 Å². The Balaban J connectivity index is 1.69. The summed E-state index contributed by atoms with van der Waals surface area (Å²) in [5, 5.41) is 14.0. The Morgan fingerprint density at radius 3 is 2.54 bits per heavy atom. The summed E-state index contributed by atoms with van der Waals surface area (Å²) in [6.07, 6.45) is -0.000174. The van der Waals surface area contributed by atoms with Gasteiger partial charge in [0.1, 0.15) is 11.5 Å². The number of methoxy groups -OCH3 is 1. The van der Waals surface area contributed by atoms with E-state index in [9.17, 15) is 4.79 Å². The van der Waals surface area contributed by atoms with E-state index in [1.165, 1.54) is 0 Å². The Bertz CT molecular complexity index is 942. The fourth-order valence-electron chi connectivity index (χ4n) is 2.48. The van der Waals surface area contributed by atoms with Gasteiger partial charge in [-0.15, -0.1) is 10.2 Å². The SMILES string of the molecule is COc1cccc(Nc2ccc(C(=O)Nc3ccccc3OC(C)C)nn2)c1. The lowest BCUT2D eigenvalue weighted by molar-refractivity contribution is 0.102. The Hall–Kier alpha value is -3.61. The quantitative estimate of drug-likeness (QED) is 0.639. The number of benzene rings is 2. The number of nitrogens with zero attached hydrogens (tertiary/aromatic N) is 2. The number of carbonyl (C=O) groups excluding carboxylic acids is 1. The van der Waals surface area contributed by atoms with Gasteiger partial charge in [-0.2, -0.15) is 0 Å². The molecule has 1 heterocycles. The minimum atomic E-state index is -0.361. The first kappa shape index (κ1) is 19.2. The van der Waals surface area contributed by atoms with Crippen LogP contribution in [0.3, 0.4) is 0 Å². The molecule has 0 radical (unpaired) electrons. The molecule has 0 bridgehead atoms. The molecule has 2 N–H and O–H groups in total. The minimum absolute atomic E-state index is 0.000174. The number of hydrogen-bond acceptors (Lipinski definition) is 6. The number of anilines is 3. The lowest BCUT2D eigenvalue weighted by Gasteiger charge is -2.14. The number of para-hydroxylation sites is 2. The second-order valence-electron chi connectivity index (χ2n) is 6.28. The first-order chi connectivity index (χ1) is 13.5. The van der Waals surface area contributed by atoms with Crippen molar-refractivity contribution < 1.29 is 14.3 Å². The first-order valence-electron chi connectivity index (χ1n) is 8.87. The van der Waals surface area contributed by atoms with Crippen LogP contribution in [-0.2, 0) is 0 Å². The van der Waals surface area contributed by atoms with Gasteiger partial charge < -0.3 is 20.1 Å². The fraction of sp³-hybridized carbons (Fsp3) is 0.190. The van der Waals surface area contributed by atoms with Crippen LogP contribution in [0, 0.1) is 0 Å². The number of hydrogen-bond donors (Lipinski definition) is 2. The molecule has 7 nitrogen and oxygen atoms in total. The molecule has 3 rings (SSSR count). The second-order valence-corrected chi connectivity index (χ2v) is 6.28. The fourth-order valence-corrected chi connectivity index (χ4v) is 2.48. The smallest absolute Gasteiger partial charge is 0.276 e. The second kappa shape index (κ2) is 8.85. The molecule has 2 aromatic carbocycles. The Morgan fingerprint density at radius 2 is 1.82 bits per heavy atom. The summed E-state index contributed by atoms with van der Waals surface area (Å²) in [5.74, 6) is 1.50. The molecule has 0 saturated heterocycles. The maximum absolute atomic E-state index is 12.5. The van der Waals surface area contributed by atoms with E-state index >= 15 is 0 Å². The predicted molar refractivity (Wildman–Crippen MR) is 108 cm³/mol. The molecule has 0 aliphatic carbocycles. The van der Waals surface area contributed by atoms with Crippen LogP contribution in [0.5, 0.6) is 11.5 Å². The molecule has 28 heavy (non-hydrogen) atoms. The van der Waals surface area contributed by atoms with E-state index in [0.717, 1.165) is 11.4 Å². The third kappa shape index (κ3) is 4.97. The van der Waals surface area contributed by atoms with E-state index in [1.54, 1.807) is 25.3 Å². The molecular weight excluding hydrogens is 356 g/mol. The minimum Gasteiger partial charge on any atom is -0.497 e. The third-order valence-corrected chi connectivity index (χ3v) is 3.74. The van der Waals surface area contributed by atoms with Crippen molar-refractivity contribution in [2.45, 2.75) is 20.0 Å². The summed E-state index contributed by atoms with van der Waals surface area (Å²) >= 11 is 0. The van der Waals surface area contributed by atoms with Crippen molar-refractivity contribution in [1.82, 2.24) is 10.2 Å². The highest BCUT2D eigenvalue weighted by Crippen LogP contribution is 2.25. The number of carbonyl (C=O) groups is 1. The molecule has 1 amide bonds. The van der Waals surface area contributed by atoms with Crippen LogP contribution in [0.25, 0.3) is 0 Å². The van der Waals surface area contributed by atoms with Crippen LogP contribution >= 0.6 is 0 Å². The number of rotatable bonds is 7. The highest BCUT2D eigenvalue weighted by atomic mass is 16.5. The Morgan fingerprint density at radius 1 is 1.00 bits per heavy atom. The first-order valence-corrected chi connectivity index (χ1v) is 8.87. The molecule has 0 aliphatic heterocycles. The van der Waals surface area contributed by atoms with Gasteiger partial charge in [-0.1, -0.05) is 18.2 Å². The van der Waals surface area contributed by atoms with Gasteiger partial charge >= 0.3 is 0 Å².